The molecule has 2 aromatic rings. The fourth-order valence-corrected chi connectivity index (χ4v) is 4.37. The second-order valence-corrected chi connectivity index (χ2v) is 7.73. The predicted molar refractivity (Wildman–Crippen MR) is 84.1 cm³/mol. The Hall–Kier alpha value is -1.84. The highest BCUT2D eigenvalue weighted by Crippen LogP contribution is 2.30. The molecule has 1 aromatic heterocycles. The van der Waals surface area contributed by atoms with Crippen molar-refractivity contribution >= 4 is 10.0 Å². The first-order chi connectivity index (χ1) is 11.4. The van der Waals surface area contributed by atoms with Gasteiger partial charge in [0.05, 0.1) is 6.20 Å². The second kappa shape index (κ2) is 6.58. The van der Waals surface area contributed by atoms with E-state index in [2.05, 4.69) is 5.10 Å². The highest BCUT2D eigenvalue weighted by atomic mass is 32.2. The number of halogens is 2. The van der Waals surface area contributed by atoms with Crippen molar-refractivity contribution in [2.24, 2.45) is 5.73 Å². The third-order valence-corrected chi connectivity index (χ3v) is 5.92. The van der Waals surface area contributed by atoms with Crippen LogP contribution in [0.4, 0.5) is 8.78 Å². The molecule has 2 N–H and O–H groups in total. The van der Waals surface area contributed by atoms with Crippen molar-refractivity contribution in [2.45, 2.75) is 29.8 Å². The Morgan fingerprint density at radius 3 is 2.62 bits per heavy atom. The molecule has 0 unspecified atom stereocenters. The quantitative estimate of drug-likeness (QED) is 0.875. The zero-order chi connectivity index (χ0) is 17.3. The van der Waals surface area contributed by atoms with E-state index in [4.69, 9.17) is 5.73 Å². The van der Waals surface area contributed by atoms with Gasteiger partial charge in [0.1, 0.15) is 11.4 Å². The standard InChI is InChI=1S/C15H18F2N4O2S/c16-15(17)10-20-7-12(6-19-20)24(22,23)21-8-13(14(18)9-21)11-4-2-1-3-5-11/h1-7,13-15H,8-10,18H2/t13-,14+/m0/s1. The van der Waals surface area contributed by atoms with Crippen molar-refractivity contribution in [3.63, 3.8) is 0 Å². The van der Waals surface area contributed by atoms with Gasteiger partial charge in [-0.25, -0.2) is 17.2 Å². The number of sulfonamides is 1. The molecule has 0 radical (unpaired) electrons. The molecule has 2 atom stereocenters. The molecule has 24 heavy (non-hydrogen) atoms. The monoisotopic (exact) mass is 356 g/mol. The first-order valence-electron chi connectivity index (χ1n) is 7.49. The topological polar surface area (TPSA) is 81.2 Å². The van der Waals surface area contributed by atoms with E-state index in [-0.39, 0.29) is 29.9 Å². The fourth-order valence-electron chi connectivity index (χ4n) is 2.91. The number of alkyl halides is 2. The molecule has 1 aliphatic heterocycles. The minimum Gasteiger partial charge on any atom is -0.326 e. The molecule has 0 aliphatic carbocycles. The van der Waals surface area contributed by atoms with Crippen molar-refractivity contribution in [1.29, 1.82) is 0 Å². The minimum absolute atomic E-state index is 0.0935. The van der Waals surface area contributed by atoms with Crippen LogP contribution in [-0.2, 0) is 16.6 Å². The minimum atomic E-state index is -3.80. The molecule has 130 valence electrons. The number of rotatable bonds is 5. The third-order valence-electron chi connectivity index (χ3n) is 4.13. The van der Waals surface area contributed by atoms with Gasteiger partial charge in [0.2, 0.25) is 10.0 Å². The summed E-state index contributed by atoms with van der Waals surface area (Å²) in [6.07, 6.45) is -0.370. The van der Waals surface area contributed by atoms with Crippen LogP contribution in [0.3, 0.4) is 0 Å². The molecule has 0 bridgehead atoms. The molecular formula is C15H18F2N4O2S. The summed E-state index contributed by atoms with van der Waals surface area (Å²) in [5, 5.41) is 3.69. The van der Waals surface area contributed by atoms with E-state index in [1.807, 2.05) is 30.3 Å². The first-order valence-corrected chi connectivity index (χ1v) is 8.93. The van der Waals surface area contributed by atoms with Gasteiger partial charge in [-0.3, -0.25) is 4.68 Å². The van der Waals surface area contributed by atoms with Crippen LogP contribution in [0.15, 0.2) is 47.6 Å². The summed E-state index contributed by atoms with van der Waals surface area (Å²) in [4.78, 5) is -0.0935. The Bertz CT molecular complexity index is 795. The van der Waals surface area contributed by atoms with E-state index in [0.29, 0.717) is 0 Å². The Morgan fingerprint density at radius 2 is 1.96 bits per heavy atom. The van der Waals surface area contributed by atoms with Gasteiger partial charge in [-0.2, -0.15) is 9.40 Å². The van der Waals surface area contributed by atoms with Gasteiger partial charge < -0.3 is 5.73 Å². The number of nitrogens with two attached hydrogens (primary N) is 1. The molecule has 0 spiro atoms. The van der Waals surface area contributed by atoms with Crippen LogP contribution in [-0.4, -0.2) is 48.1 Å². The maximum atomic E-state index is 12.7. The Balaban J connectivity index is 1.80. The van der Waals surface area contributed by atoms with E-state index in [0.717, 1.165) is 22.6 Å². The van der Waals surface area contributed by atoms with Crippen molar-refractivity contribution in [3.8, 4) is 0 Å². The Labute approximate surface area is 138 Å². The summed E-state index contributed by atoms with van der Waals surface area (Å²) in [5.41, 5.74) is 7.10. The summed E-state index contributed by atoms with van der Waals surface area (Å²) >= 11 is 0. The highest BCUT2D eigenvalue weighted by molar-refractivity contribution is 7.89. The van der Waals surface area contributed by atoms with E-state index in [1.54, 1.807) is 0 Å². The van der Waals surface area contributed by atoms with Gasteiger partial charge >= 0.3 is 0 Å². The van der Waals surface area contributed by atoms with Crippen LogP contribution in [0.5, 0.6) is 0 Å². The largest absolute Gasteiger partial charge is 0.326 e. The smallest absolute Gasteiger partial charge is 0.257 e. The van der Waals surface area contributed by atoms with Crippen LogP contribution in [0.2, 0.25) is 0 Å². The van der Waals surface area contributed by atoms with Crippen molar-refractivity contribution in [3.05, 3.63) is 48.3 Å². The number of hydrogen-bond acceptors (Lipinski definition) is 4. The summed E-state index contributed by atoms with van der Waals surface area (Å²) in [7, 11) is -3.80. The van der Waals surface area contributed by atoms with E-state index in [1.165, 1.54) is 4.31 Å². The van der Waals surface area contributed by atoms with Gasteiger partial charge in [-0.1, -0.05) is 30.3 Å². The molecule has 0 saturated carbocycles. The first kappa shape index (κ1) is 17.0. The third kappa shape index (κ3) is 3.33. The second-order valence-electron chi connectivity index (χ2n) is 5.79. The van der Waals surface area contributed by atoms with E-state index >= 15 is 0 Å². The van der Waals surface area contributed by atoms with Gasteiger partial charge in [-0.05, 0) is 5.56 Å². The van der Waals surface area contributed by atoms with Crippen LogP contribution < -0.4 is 5.73 Å². The van der Waals surface area contributed by atoms with Crippen LogP contribution in [0.1, 0.15) is 11.5 Å². The van der Waals surface area contributed by atoms with E-state index in [9.17, 15) is 17.2 Å². The predicted octanol–water partition coefficient (Wildman–Crippen LogP) is 1.26. The molecule has 0 amide bonds. The number of aromatic nitrogens is 2. The molecule has 1 fully saturated rings. The fraction of sp³-hybridized carbons (Fsp3) is 0.400. The Morgan fingerprint density at radius 1 is 1.25 bits per heavy atom. The lowest BCUT2D eigenvalue weighted by atomic mass is 9.95. The lowest BCUT2D eigenvalue weighted by Gasteiger charge is -2.15. The molecule has 9 heteroatoms. The van der Waals surface area contributed by atoms with E-state index < -0.39 is 23.0 Å². The highest BCUT2D eigenvalue weighted by Gasteiger charge is 2.38. The Kier molecular flexibility index (Phi) is 4.66. The number of nitrogens with zero attached hydrogens (tertiary/aromatic N) is 3. The van der Waals surface area contributed by atoms with Crippen molar-refractivity contribution in [2.75, 3.05) is 13.1 Å². The normalized spacial score (nSPS) is 22.3. The van der Waals surface area contributed by atoms with Crippen molar-refractivity contribution in [1.82, 2.24) is 14.1 Å². The van der Waals surface area contributed by atoms with Crippen LogP contribution in [0, 0.1) is 0 Å². The zero-order valence-corrected chi connectivity index (χ0v) is 13.6. The molecule has 2 heterocycles. The van der Waals surface area contributed by atoms with Crippen molar-refractivity contribution < 1.29 is 17.2 Å². The van der Waals surface area contributed by atoms with Gasteiger partial charge in [-0.15, -0.1) is 0 Å². The lowest BCUT2D eigenvalue weighted by molar-refractivity contribution is 0.121. The molecule has 6 nitrogen and oxygen atoms in total. The summed E-state index contributed by atoms with van der Waals surface area (Å²) in [6.45, 7) is -0.197. The summed E-state index contributed by atoms with van der Waals surface area (Å²) in [5.74, 6) is -0.0999. The lowest BCUT2D eigenvalue weighted by Crippen LogP contribution is -2.32. The van der Waals surface area contributed by atoms with Crippen LogP contribution >= 0.6 is 0 Å². The average Bonchev–Trinajstić information content (AvgIpc) is 3.15. The van der Waals surface area contributed by atoms with Crippen LogP contribution in [0.25, 0.3) is 0 Å². The molecule has 1 aliphatic rings. The molecule has 1 saturated heterocycles. The molecular weight excluding hydrogens is 338 g/mol. The molecule has 1 aromatic carbocycles. The number of hydrogen-bond donors (Lipinski definition) is 1. The maximum Gasteiger partial charge on any atom is 0.257 e. The SMILES string of the molecule is N[C@@H]1CN(S(=O)(=O)c2cnn(CC(F)F)c2)C[C@H]1c1ccccc1. The maximum absolute atomic E-state index is 12.7. The molecule has 3 rings (SSSR count). The van der Waals surface area contributed by atoms with Gasteiger partial charge in [0.15, 0.2) is 0 Å². The summed E-state index contributed by atoms with van der Waals surface area (Å²) < 4.78 is 52.4. The van der Waals surface area contributed by atoms with Gasteiger partial charge in [0, 0.05) is 31.2 Å². The summed E-state index contributed by atoms with van der Waals surface area (Å²) in [6, 6.07) is 9.16. The zero-order valence-electron chi connectivity index (χ0n) is 12.8. The van der Waals surface area contributed by atoms with Gasteiger partial charge in [0.25, 0.3) is 6.43 Å². The number of benzene rings is 1. The average molecular weight is 356 g/mol.